The van der Waals surface area contributed by atoms with Gasteiger partial charge in [0.15, 0.2) is 0 Å². The highest BCUT2D eigenvalue weighted by atomic mass is 16.5. The van der Waals surface area contributed by atoms with E-state index in [4.69, 9.17) is 10.00 Å². The molecular formula is C8H16N2O. The Kier molecular flexibility index (Phi) is 5.81. The lowest BCUT2D eigenvalue weighted by Gasteiger charge is -2.13. The Morgan fingerprint density at radius 2 is 2.18 bits per heavy atom. The zero-order valence-corrected chi connectivity index (χ0v) is 7.42. The second-order valence-electron chi connectivity index (χ2n) is 2.72. The third-order valence-electron chi connectivity index (χ3n) is 1.55. The van der Waals surface area contributed by atoms with Crippen LogP contribution in [0, 0.1) is 11.3 Å². The number of nitrogens with one attached hydrogen (secondary N) is 1. The second-order valence-corrected chi connectivity index (χ2v) is 2.72. The molecule has 0 bridgehead atoms. The largest absolute Gasteiger partial charge is 0.380 e. The maximum absolute atomic E-state index is 8.34. The van der Waals surface area contributed by atoms with Gasteiger partial charge in [0.1, 0.15) is 0 Å². The number of rotatable bonds is 5. The molecule has 0 fully saturated rings. The van der Waals surface area contributed by atoms with Crippen LogP contribution in [0.5, 0.6) is 0 Å². The molecular weight excluding hydrogens is 140 g/mol. The fourth-order valence-corrected chi connectivity index (χ4v) is 0.660. The Morgan fingerprint density at radius 3 is 2.64 bits per heavy atom. The summed E-state index contributed by atoms with van der Waals surface area (Å²) in [6, 6.07) is 2.37. The average Bonchev–Trinajstić information content (AvgIpc) is 2.01. The Hall–Kier alpha value is -0.590. The molecule has 0 saturated carbocycles. The standard InChI is InChI=1S/C8H16N2O/c1-7(4-5-9)10-6-8(2)11-3/h7-8,10H,4,6H2,1-3H3. The quantitative estimate of drug-likeness (QED) is 0.643. The van der Waals surface area contributed by atoms with Crippen LogP contribution in [0.15, 0.2) is 0 Å². The lowest BCUT2D eigenvalue weighted by molar-refractivity contribution is 0.115. The zero-order valence-electron chi connectivity index (χ0n) is 7.42. The molecule has 0 heterocycles. The highest BCUT2D eigenvalue weighted by molar-refractivity contribution is 4.77. The number of ether oxygens (including phenoxy) is 1. The first-order chi connectivity index (χ1) is 5.20. The Labute approximate surface area is 68.3 Å². The van der Waals surface area contributed by atoms with E-state index >= 15 is 0 Å². The maximum Gasteiger partial charge on any atom is 0.0667 e. The minimum Gasteiger partial charge on any atom is -0.380 e. The van der Waals surface area contributed by atoms with Gasteiger partial charge in [0.25, 0.3) is 0 Å². The van der Waals surface area contributed by atoms with Crippen LogP contribution in [0.3, 0.4) is 0 Å². The van der Waals surface area contributed by atoms with Gasteiger partial charge in [-0.25, -0.2) is 0 Å². The van der Waals surface area contributed by atoms with Crippen LogP contribution in [0.4, 0.5) is 0 Å². The van der Waals surface area contributed by atoms with Crippen molar-refractivity contribution in [3.05, 3.63) is 0 Å². The highest BCUT2D eigenvalue weighted by Crippen LogP contribution is 1.90. The van der Waals surface area contributed by atoms with Crippen molar-refractivity contribution in [2.24, 2.45) is 0 Å². The van der Waals surface area contributed by atoms with Gasteiger partial charge in [-0.3, -0.25) is 0 Å². The SMILES string of the molecule is COC(C)CNC(C)CC#N. The van der Waals surface area contributed by atoms with Gasteiger partial charge in [-0.1, -0.05) is 0 Å². The molecule has 0 aliphatic carbocycles. The predicted octanol–water partition coefficient (Wildman–Crippen LogP) is 0.913. The van der Waals surface area contributed by atoms with E-state index in [1.165, 1.54) is 0 Å². The molecule has 0 aromatic rings. The lowest BCUT2D eigenvalue weighted by atomic mass is 10.2. The summed E-state index contributed by atoms with van der Waals surface area (Å²) in [6.45, 7) is 4.79. The summed E-state index contributed by atoms with van der Waals surface area (Å²) < 4.78 is 5.03. The minimum absolute atomic E-state index is 0.219. The van der Waals surface area contributed by atoms with Gasteiger partial charge < -0.3 is 10.1 Å². The summed E-state index contributed by atoms with van der Waals surface area (Å²) in [4.78, 5) is 0. The van der Waals surface area contributed by atoms with Crippen molar-refractivity contribution in [1.29, 1.82) is 5.26 Å². The predicted molar refractivity (Wildman–Crippen MR) is 44.2 cm³/mol. The molecule has 1 N–H and O–H groups in total. The van der Waals surface area contributed by atoms with Crippen molar-refractivity contribution in [2.75, 3.05) is 13.7 Å². The third-order valence-corrected chi connectivity index (χ3v) is 1.55. The number of methoxy groups -OCH3 is 1. The smallest absolute Gasteiger partial charge is 0.0667 e. The fraction of sp³-hybridized carbons (Fsp3) is 0.875. The number of nitrogens with zero attached hydrogens (tertiary/aromatic N) is 1. The van der Waals surface area contributed by atoms with E-state index in [9.17, 15) is 0 Å². The van der Waals surface area contributed by atoms with Crippen molar-refractivity contribution in [3.63, 3.8) is 0 Å². The van der Waals surface area contributed by atoms with E-state index in [0.717, 1.165) is 6.54 Å². The van der Waals surface area contributed by atoms with E-state index in [0.29, 0.717) is 6.42 Å². The Morgan fingerprint density at radius 1 is 1.55 bits per heavy atom. The summed E-state index contributed by atoms with van der Waals surface area (Å²) in [5.41, 5.74) is 0. The van der Waals surface area contributed by atoms with E-state index in [2.05, 4.69) is 11.4 Å². The maximum atomic E-state index is 8.34. The molecule has 3 nitrogen and oxygen atoms in total. The summed E-state index contributed by atoms with van der Waals surface area (Å²) in [7, 11) is 1.68. The van der Waals surface area contributed by atoms with Crippen molar-refractivity contribution in [2.45, 2.75) is 32.4 Å². The van der Waals surface area contributed by atoms with Gasteiger partial charge in [-0.15, -0.1) is 0 Å². The van der Waals surface area contributed by atoms with Crippen molar-refractivity contribution in [1.82, 2.24) is 5.32 Å². The Balaban J connectivity index is 3.31. The summed E-state index contributed by atoms with van der Waals surface area (Å²) in [6.07, 6.45) is 0.771. The molecule has 0 aliphatic rings. The summed E-state index contributed by atoms with van der Waals surface area (Å²) >= 11 is 0. The average molecular weight is 156 g/mol. The molecule has 0 radical (unpaired) electrons. The van der Waals surface area contributed by atoms with Crippen LogP contribution >= 0.6 is 0 Å². The first-order valence-electron chi connectivity index (χ1n) is 3.83. The van der Waals surface area contributed by atoms with Gasteiger partial charge in [0.2, 0.25) is 0 Å². The number of hydrogen-bond acceptors (Lipinski definition) is 3. The van der Waals surface area contributed by atoms with E-state index in [-0.39, 0.29) is 12.1 Å². The molecule has 0 amide bonds. The van der Waals surface area contributed by atoms with Gasteiger partial charge in [-0.05, 0) is 13.8 Å². The molecule has 3 heteroatoms. The van der Waals surface area contributed by atoms with Gasteiger partial charge >= 0.3 is 0 Å². The van der Waals surface area contributed by atoms with E-state index in [1.54, 1.807) is 7.11 Å². The van der Waals surface area contributed by atoms with Gasteiger partial charge in [0, 0.05) is 19.7 Å². The molecule has 11 heavy (non-hydrogen) atoms. The van der Waals surface area contributed by atoms with E-state index in [1.807, 2.05) is 13.8 Å². The topological polar surface area (TPSA) is 45.0 Å². The van der Waals surface area contributed by atoms with Crippen LogP contribution in [0.25, 0.3) is 0 Å². The van der Waals surface area contributed by atoms with Crippen LogP contribution < -0.4 is 5.32 Å². The van der Waals surface area contributed by atoms with Crippen molar-refractivity contribution < 1.29 is 4.74 Å². The van der Waals surface area contributed by atoms with Crippen LogP contribution in [-0.4, -0.2) is 25.8 Å². The van der Waals surface area contributed by atoms with E-state index < -0.39 is 0 Å². The summed E-state index contributed by atoms with van der Waals surface area (Å²) in [5.74, 6) is 0. The van der Waals surface area contributed by atoms with Gasteiger partial charge in [0.05, 0.1) is 18.6 Å². The molecule has 0 rings (SSSR count). The molecule has 0 aromatic heterocycles. The molecule has 64 valence electrons. The molecule has 0 spiro atoms. The van der Waals surface area contributed by atoms with Crippen LogP contribution in [0.1, 0.15) is 20.3 Å². The molecule has 2 atom stereocenters. The van der Waals surface area contributed by atoms with Gasteiger partial charge in [-0.2, -0.15) is 5.26 Å². The third kappa shape index (κ3) is 5.84. The van der Waals surface area contributed by atoms with Crippen LogP contribution in [-0.2, 0) is 4.74 Å². The number of hydrogen-bond donors (Lipinski definition) is 1. The fourth-order valence-electron chi connectivity index (χ4n) is 0.660. The first-order valence-corrected chi connectivity index (χ1v) is 3.83. The lowest BCUT2D eigenvalue weighted by Crippen LogP contribution is -2.32. The first kappa shape index (κ1) is 10.4. The molecule has 0 aliphatic heterocycles. The number of nitriles is 1. The molecule has 0 aromatic carbocycles. The Bertz CT molecular complexity index is 131. The molecule has 0 saturated heterocycles. The summed E-state index contributed by atoms with van der Waals surface area (Å²) in [5, 5.41) is 11.5. The van der Waals surface area contributed by atoms with Crippen molar-refractivity contribution >= 4 is 0 Å². The zero-order chi connectivity index (χ0) is 8.69. The monoisotopic (exact) mass is 156 g/mol. The second kappa shape index (κ2) is 6.14. The highest BCUT2D eigenvalue weighted by Gasteiger charge is 2.02. The van der Waals surface area contributed by atoms with Crippen molar-refractivity contribution in [3.8, 4) is 6.07 Å². The van der Waals surface area contributed by atoms with Crippen LogP contribution in [0.2, 0.25) is 0 Å². The minimum atomic E-state index is 0.219. The normalized spacial score (nSPS) is 15.5. The molecule has 2 unspecified atom stereocenters.